The number of carbonyl (C=O) groups is 2. The molecule has 4 aromatic rings. The van der Waals surface area contributed by atoms with Crippen LogP contribution in [-0.4, -0.2) is 36.6 Å². The summed E-state index contributed by atoms with van der Waals surface area (Å²) >= 11 is 1.11. The molecule has 36 heavy (non-hydrogen) atoms. The van der Waals surface area contributed by atoms with Gasteiger partial charge in [-0.05, 0) is 42.0 Å². The number of nitrogens with zero attached hydrogens (tertiary/aromatic N) is 1. The predicted molar refractivity (Wildman–Crippen MR) is 141 cm³/mol. The van der Waals surface area contributed by atoms with Crippen molar-refractivity contribution in [2.24, 2.45) is 5.92 Å². The van der Waals surface area contributed by atoms with Crippen LogP contribution in [0.25, 0.3) is 22.0 Å². The monoisotopic (exact) mass is 500 g/mol. The molecule has 1 amide bonds. The van der Waals surface area contributed by atoms with Crippen molar-refractivity contribution < 1.29 is 19.1 Å². The fraction of sp³-hybridized carbons (Fsp3) is 0.276. The second-order valence-corrected chi connectivity index (χ2v) is 9.96. The van der Waals surface area contributed by atoms with E-state index in [0.29, 0.717) is 30.0 Å². The van der Waals surface area contributed by atoms with Crippen molar-refractivity contribution in [2.45, 2.75) is 31.8 Å². The minimum Gasteiger partial charge on any atom is -0.398 e. The Kier molecular flexibility index (Phi) is 7.39. The van der Waals surface area contributed by atoms with Crippen molar-refractivity contribution in [1.82, 2.24) is 10.3 Å². The highest BCUT2D eigenvalue weighted by Gasteiger charge is 2.32. The van der Waals surface area contributed by atoms with Gasteiger partial charge in [-0.25, -0.2) is 4.98 Å². The van der Waals surface area contributed by atoms with Crippen LogP contribution in [0.1, 0.15) is 34.5 Å². The molecule has 0 bridgehead atoms. The van der Waals surface area contributed by atoms with Gasteiger partial charge in [-0.15, -0.1) is 0 Å². The third-order valence-electron chi connectivity index (χ3n) is 6.61. The number of hydrogen-bond acceptors (Lipinski definition) is 6. The third kappa shape index (κ3) is 5.48. The Morgan fingerprint density at radius 2 is 1.78 bits per heavy atom. The Morgan fingerprint density at radius 3 is 2.56 bits per heavy atom. The Balaban J connectivity index is 1.29. The van der Waals surface area contributed by atoms with E-state index < -0.39 is 0 Å². The van der Waals surface area contributed by atoms with E-state index in [4.69, 9.17) is 9.47 Å². The first-order valence-electron chi connectivity index (χ1n) is 12.2. The van der Waals surface area contributed by atoms with Crippen LogP contribution in [0.5, 0.6) is 5.19 Å². The molecule has 2 unspecified atom stereocenters. The van der Waals surface area contributed by atoms with Gasteiger partial charge in [0.15, 0.2) is 0 Å². The summed E-state index contributed by atoms with van der Waals surface area (Å²) in [4.78, 5) is 30.9. The quantitative estimate of drug-likeness (QED) is 0.316. The van der Waals surface area contributed by atoms with Crippen molar-refractivity contribution >= 4 is 34.0 Å². The number of ether oxygens (including phenoxy) is 2. The van der Waals surface area contributed by atoms with Gasteiger partial charge in [0.25, 0.3) is 11.1 Å². The number of rotatable bonds is 8. The minimum absolute atomic E-state index is 0.0858. The first-order chi connectivity index (χ1) is 17.6. The molecule has 1 N–H and O–H groups in total. The van der Waals surface area contributed by atoms with Crippen LogP contribution in [0.4, 0.5) is 0 Å². The molecule has 184 valence electrons. The van der Waals surface area contributed by atoms with Gasteiger partial charge >= 0.3 is 5.97 Å². The van der Waals surface area contributed by atoms with E-state index >= 15 is 0 Å². The highest BCUT2D eigenvalue weighted by molar-refractivity contribution is 7.16. The SMILES string of the molecule is COC1CCC(C(=O)Oc2nc(-c3ccccc3)c(C(=O)NCCc3ccc4ccccc4c3)s2)C1. The summed E-state index contributed by atoms with van der Waals surface area (Å²) in [7, 11) is 1.66. The van der Waals surface area contributed by atoms with Crippen molar-refractivity contribution in [3.05, 3.63) is 83.2 Å². The number of thiazole rings is 1. The molecule has 1 aromatic heterocycles. The number of methoxy groups -OCH3 is 1. The summed E-state index contributed by atoms with van der Waals surface area (Å²) < 4.78 is 11.0. The number of aromatic nitrogens is 1. The molecule has 5 rings (SSSR count). The number of esters is 1. The molecule has 1 fully saturated rings. The Hall–Kier alpha value is -3.55. The Bertz CT molecular complexity index is 1370. The summed E-state index contributed by atoms with van der Waals surface area (Å²) in [5.74, 6) is -0.751. The van der Waals surface area contributed by atoms with Crippen LogP contribution in [0.15, 0.2) is 72.8 Å². The van der Waals surface area contributed by atoms with Crippen LogP contribution < -0.4 is 10.1 Å². The van der Waals surface area contributed by atoms with Crippen LogP contribution in [0.3, 0.4) is 0 Å². The summed E-state index contributed by atoms with van der Waals surface area (Å²) in [5, 5.41) is 5.58. The number of hydrogen-bond donors (Lipinski definition) is 1. The van der Waals surface area contributed by atoms with Gasteiger partial charge in [0.05, 0.1) is 17.7 Å². The molecule has 1 aliphatic rings. The maximum absolute atomic E-state index is 13.2. The lowest BCUT2D eigenvalue weighted by Gasteiger charge is -2.08. The van der Waals surface area contributed by atoms with E-state index in [1.807, 2.05) is 42.5 Å². The molecule has 1 aliphatic carbocycles. The Labute approximate surface area is 214 Å². The van der Waals surface area contributed by atoms with Crippen LogP contribution in [0.2, 0.25) is 0 Å². The summed E-state index contributed by atoms with van der Waals surface area (Å²) in [5.41, 5.74) is 2.48. The first-order valence-corrected chi connectivity index (χ1v) is 13.0. The van der Waals surface area contributed by atoms with Crippen molar-refractivity contribution in [3.8, 4) is 16.5 Å². The fourth-order valence-electron chi connectivity index (χ4n) is 4.62. The van der Waals surface area contributed by atoms with E-state index in [9.17, 15) is 9.59 Å². The zero-order valence-electron chi connectivity index (χ0n) is 20.1. The largest absolute Gasteiger partial charge is 0.398 e. The average Bonchev–Trinajstić information content (AvgIpc) is 3.57. The number of nitrogens with one attached hydrogen (secondary N) is 1. The zero-order chi connectivity index (χ0) is 24.9. The topological polar surface area (TPSA) is 77.5 Å². The molecule has 3 aromatic carbocycles. The maximum Gasteiger partial charge on any atom is 0.316 e. The molecular weight excluding hydrogens is 472 g/mol. The molecule has 7 heteroatoms. The first kappa shape index (κ1) is 24.2. The van der Waals surface area contributed by atoms with Crippen molar-refractivity contribution in [1.29, 1.82) is 0 Å². The van der Waals surface area contributed by atoms with E-state index in [1.165, 1.54) is 10.8 Å². The van der Waals surface area contributed by atoms with Crippen LogP contribution in [0, 0.1) is 5.92 Å². The molecule has 2 atom stereocenters. The zero-order valence-corrected chi connectivity index (χ0v) is 20.9. The lowest BCUT2D eigenvalue weighted by Crippen LogP contribution is -2.25. The van der Waals surface area contributed by atoms with Gasteiger partial charge in [0.1, 0.15) is 4.88 Å². The van der Waals surface area contributed by atoms with E-state index in [1.54, 1.807) is 7.11 Å². The smallest absolute Gasteiger partial charge is 0.316 e. The summed E-state index contributed by atoms with van der Waals surface area (Å²) in [6.45, 7) is 0.485. The lowest BCUT2D eigenvalue weighted by molar-refractivity contribution is -0.139. The van der Waals surface area contributed by atoms with Gasteiger partial charge in [-0.3, -0.25) is 9.59 Å². The molecular formula is C29H28N2O4S. The summed E-state index contributed by atoms with van der Waals surface area (Å²) in [6.07, 6.45) is 3.02. The van der Waals surface area contributed by atoms with Gasteiger partial charge < -0.3 is 14.8 Å². The fourth-order valence-corrected chi connectivity index (χ4v) is 5.48. The highest BCUT2D eigenvalue weighted by atomic mass is 32.1. The van der Waals surface area contributed by atoms with E-state index in [-0.39, 0.29) is 29.1 Å². The molecule has 0 spiro atoms. The summed E-state index contributed by atoms with van der Waals surface area (Å²) in [6, 6.07) is 24.1. The number of fused-ring (bicyclic) bond motifs is 1. The molecule has 1 saturated carbocycles. The van der Waals surface area contributed by atoms with Crippen LogP contribution in [-0.2, 0) is 16.0 Å². The second kappa shape index (κ2) is 11.0. The molecule has 0 radical (unpaired) electrons. The van der Waals surface area contributed by atoms with Crippen molar-refractivity contribution in [2.75, 3.05) is 13.7 Å². The number of carbonyl (C=O) groups excluding carboxylic acids is 2. The van der Waals surface area contributed by atoms with Crippen LogP contribution >= 0.6 is 11.3 Å². The number of amides is 1. The van der Waals surface area contributed by atoms with Crippen molar-refractivity contribution in [3.63, 3.8) is 0 Å². The molecule has 1 heterocycles. The predicted octanol–water partition coefficient (Wildman–Crippen LogP) is 5.66. The van der Waals surface area contributed by atoms with E-state index in [0.717, 1.165) is 35.3 Å². The highest BCUT2D eigenvalue weighted by Crippen LogP contribution is 2.34. The van der Waals surface area contributed by atoms with Gasteiger partial charge in [0, 0.05) is 19.2 Å². The maximum atomic E-state index is 13.2. The second-order valence-electron chi connectivity index (χ2n) is 9.00. The third-order valence-corrected chi connectivity index (χ3v) is 7.55. The molecule has 0 aliphatic heterocycles. The lowest BCUT2D eigenvalue weighted by atomic mass is 10.1. The average molecular weight is 501 g/mol. The standard InChI is InChI=1S/C29H28N2O4S/c1-34-24-14-13-23(18-24)28(33)35-29-31-25(21-8-3-2-4-9-21)26(36-29)27(32)30-16-15-19-11-12-20-7-5-6-10-22(20)17-19/h2-12,17,23-24H,13-16,18H2,1H3,(H,30,32). The van der Waals surface area contributed by atoms with Gasteiger partial charge in [-0.1, -0.05) is 84.1 Å². The molecule has 0 saturated heterocycles. The number of benzene rings is 3. The Morgan fingerprint density at radius 1 is 1.00 bits per heavy atom. The van der Waals surface area contributed by atoms with E-state index in [2.05, 4.69) is 40.6 Å². The minimum atomic E-state index is -0.314. The van der Waals surface area contributed by atoms with Gasteiger partial charge in [0.2, 0.25) is 0 Å². The molecule has 6 nitrogen and oxygen atoms in total. The normalized spacial score (nSPS) is 17.2. The van der Waals surface area contributed by atoms with Gasteiger partial charge in [-0.2, -0.15) is 0 Å².